The molecule has 0 saturated carbocycles. The minimum Gasteiger partial charge on any atom is -0.469 e. The van der Waals surface area contributed by atoms with Crippen molar-refractivity contribution in [3.05, 3.63) is 29.6 Å². The van der Waals surface area contributed by atoms with Gasteiger partial charge in [-0.25, -0.2) is 0 Å². The zero-order valence-corrected chi connectivity index (χ0v) is 8.78. The van der Waals surface area contributed by atoms with Crippen molar-refractivity contribution in [3.8, 4) is 0 Å². The molecule has 76 valence electrons. The molecule has 0 radical (unpaired) electrons. The fourth-order valence-electron chi connectivity index (χ4n) is 1.14. The van der Waals surface area contributed by atoms with Gasteiger partial charge in [-0.05, 0) is 18.1 Å². The van der Waals surface area contributed by atoms with E-state index in [1.165, 1.54) is 7.11 Å². The number of nitrogens with zero attached hydrogens (tertiary/aromatic N) is 1. The Morgan fingerprint density at radius 2 is 2.21 bits per heavy atom. The summed E-state index contributed by atoms with van der Waals surface area (Å²) >= 11 is 0. The first-order valence-corrected chi connectivity index (χ1v) is 4.66. The number of hydrogen-bond donors (Lipinski definition) is 0. The van der Waals surface area contributed by atoms with Crippen LogP contribution in [0.5, 0.6) is 0 Å². The number of hydrogen-bond acceptors (Lipinski definition) is 3. The first kappa shape index (κ1) is 10.7. The Kier molecular flexibility index (Phi) is 3.63. The molecule has 0 aromatic carbocycles. The fourth-order valence-corrected chi connectivity index (χ4v) is 1.14. The minimum atomic E-state index is -0.251. The second-order valence-corrected chi connectivity index (χ2v) is 3.46. The van der Waals surface area contributed by atoms with E-state index >= 15 is 0 Å². The van der Waals surface area contributed by atoms with Crippen LogP contribution >= 0.6 is 0 Å². The van der Waals surface area contributed by atoms with Gasteiger partial charge in [0.05, 0.1) is 19.2 Å². The van der Waals surface area contributed by atoms with E-state index in [1.807, 2.05) is 18.2 Å². The molecule has 1 aromatic rings. The Labute approximate surface area is 84.1 Å². The van der Waals surface area contributed by atoms with Crippen LogP contribution in [-0.2, 0) is 16.0 Å². The highest BCUT2D eigenvalue weighted by Crippen LogP contribution is 2.11. The van der Waals surface area contributed by atoms with Crippen LogP contribution in [0.2, 0.25) is 0 Å². The molecule has 0 saturated heterocycles. The predicted octanol–water partition coefficient (Wildman–Crippen LogP) is 1.92. The molecule has 1 rings (SSSR count). The summed E-state index contributed by atoms with van der Waals surface area (Å²) in [5.74, 6) is 0.131. The quantitative estimate of drug-likeness (QED) is 0.688. The van der Waals surface area contributed by atoms with Gasteiger partial charge in [0.15, 0.2) is 0 Å². The van der Waals surface area contributed by atoms with Gasteiger partial charge in [0.1, 0.15) is 0 Å². The summed E-state index contributed by atoms with van der Waals surface area (Å²) in [5.41, 5.74) is 1.77. The van der Waals surface area contributed by atoms with Gasteiger partial charge in [-0.1, -0.05) is 19.9 Å². The van der Waals surface area contributed by atoms with Crippen LogP contribution in [0.15, 0.2) is 18.2 Å². The minimum absolute atomic E-state index is 0.247. The van der Waals surface area contributed by atoms with E-state index in [2.05, 4.69) is 23.6 Å². The summed E-state index contributed by atoms with van der Waals surface area (Å²) in [6, 6.07) is 5.72. The maximum absolute atomic E-state index is 11.0. The van der Waals surface area contributed by atoms with Crippen molar-refractivity contribution in [1.29, 1.82) is 0 Å². The fraction of sp³-hybridized carbons (Fsp3) is 0.455. The summed E-state index contributed by atoms with van der Waals surface area (Å²) < 4.78 is 4.58. The summed E-state index contributed by atoms with van der Waals surface area (Å²) in [5, 5.41) is 0. The van der Waals surface area contributed by atoms with Crippen LogP contribution < -0.4 is 0 Å². The van der Waals surface area contributed by atoms with Crippen molar-refractivity contribution in [3.63, 3.8) is 0 Å². The molecule has 0 N–H and O–H groups in total. The maximum atomic E-state index is 11.0. The summed E-state index contributed by atoms with van der Waals surface area (Å²) in [7, 11) is 1.38. The highest BCUT2D eigenvalue weighted by Gasteiger charge is 2.06. The third-order valence-electron chi connectivity index (χ3n) is 1.97. The molecular formula is C11H15NO2. The first-order valence-electron chi connectivity index (χ1n) is 4.66. The monoisotopic (exact) mass is 193 g/mol. The molecule has 0 aliphatic carbocycles. The molecule has 0 amide bonds. The molecule has 0 fully saturated rings. The van der Waals surface area contributed by atoms with E-state index in [0.29, 0.717) is 5.92 Å². The molecule has 0 atom stereocenters. The number of rotatable bonds is 3. The number of methoxy groups -OCH3 is 1. The lowest BCUT2D eigenvalue weighted by molar-refractivity contribution is -0.139. The molecule has 0 spiro atoms. The molecule has 0 bridgehead atoms. The summed E-state index contributed by atoms with van der Waals surface area (Å²) in [6.07, 6.45) is 0.247. The van der Waals surface area contributed by atoms with Crippen molar-refractivity contribution in [2.24, 2.45) is 0 Å². The lowest BCUT2D eigenvalue weighted by Crippen LogP contribution is -2.07. The maximum Gasteiger partial charge on any atom is 0.311 e. The Bertz CT molecular complexity index is 321. The van der Waals surface area contributed by atoms with Crippen LogP contribution in [0, 0.1) is 0 Å². The largest absolute Gasteiger partial charge is 0.469 e. The molecule has 3 nitrogen and oxygen atoms in total. The predicted molar refractivity (Wildman–Crippen MR) is 54.0 cm³/mol. The number of pyridine rings is 1. The number of aromatic nitrogens is 1. The van der Waals surface area contributed by atoms with Crippen LogP contribution in [0.25, 0.3) is 0 Å². The third kappa shape index (κ3) is 2.83. The topological polar surface area (TPSA) is 39.2 Å². The van der Waals surface area contributed by atoms with E-state index in [-0.39, 0.29) is 12.4 Å². The zero-order valence-electron chi connectivity index (χ0n) is 8.78. The molecule has 1 heterocycles. The molecular weight excluding hydrogens is 178 g/mol. The van der Waals surface area contributed by atoms with E-state index in [4.69, 9.17) is 0 Å². The molecule has 0 aliphatic rings. The van der Waals surface area contributed by atoms with E-state index in [9.17, 15) is 4.79 Å². The normalized spacial score (nSPS) is 10.3. The van der Waals surface area contributed by atoms with Gasteiger partial charge in [-0.2, -0.15) is 0 Å². The van der Waals surface area contributed by atoms with Gasteiger partial charge >= 0.3 is 5.97 Å². The molecule has 0 unspecified atom stereocenters. The summed E-state index contributed by atoms with van der Waals surface area (Å²) in [6.45, 7) is 4.15. The van der Waals surface area contributed by atoms with E-state index in [1.54, 1.807) is 0 Å². The van der Waals surface area contributed by atoms with Crippen molar-refractivity contribution in [2.45, 2.75) is 26.2 Å². The number of ether oxygens (including phenoxy) is 1. The number of carbonyl (C=O) groups is 1. The van der Waals surface area contributed by atoms with Gasteiger partial charge < -0.3 is 4.74 Å². The van der Waals surface area contributed by atoms with Crippen molar-refractivity contribution in [1.82, 2.24) is 4.98 Å². The molecule has 14 heavy (non-hydrogen) atoms. The Balaban J connectivity index is 2.78. The van der Waals surface area contributed by atoms with Gasteiger partial charge in [0.25, 0.3) is 0 Å². The zero-order chi connectivity index (χ0) is 10.6. The second-order valence-electron chi connectivity index (χ2n) is 3.46. The van der Waals surface area contributed by atoms with E-state index in [0.717, 1.165) is 11.4 Å². The smallest absolute Gasteiger partial charge is 0.311 e. The SMILES string of the molecule is COC(=O)Cc1cccc(C(C)C)n1. The Morgan fingerprint density at radius 3 is 2.79 bits per heavy atom. The molecule has 0 aliphatic heterocycles. The summed E-state index contributed by atoms with van der Waals surface area (Å²) in [4.78, 5) is 15.4. The van der Waals surface area contributed by atoms with E-state index < -0.39 is 0 Å². The Hall–Kier alpha value is -1.38. The van der Waals surface area contributed by atoms with Crippen LogP contribution in [0.3, 0.4) is 0 Å². The van der Waals surface area contributed by atoms with Crippen molar-refractivity contribution >= 4 is 5.97 Å². The average molecular weight is 193 g/mol. The lowest BCUT2D eigenvalue weighted by atomic mass is 10.1. The van der Waals surface area contributed by atoms with Gasteiger partial charge in [0, 0.05) is 5.69 Å². The highest BCUT2D eigenvalue weighted by atomic mass is 16.5. The van der Waals surface area contributed by atoms with Crippen LogP contribution in [0.4, 0.5) is 0 Å². The van der Waals surface area contributed by atoms with Crippen molar-refractivity contribution < 1.29 is 9.53 Å². The third-order valence-corrected chi connectivity index (χ3v) is 1.97. The van der Waals surface area contributed by atoms with Gasteiger partial charge in [0.2, 0.25) is 0 Å². The molecule has 3 heteroatoms. The first-order chi connectivity index (χ1) is 6.63. The highest BCUT2D eigenvalue weighted by molar-refractivity contribution is 5.71. The number of carbonyl (C=O) groups excluding carboxylic acids is 1. The average Bonchev–Trinajstić information content (AvgIpc) is 2.18. The van der Waals surface area contributed by atoms with Crippen LogP contribution in [0.1, 0.15) is 31.2 Å². The molecule has 1 aromatic heterocycles. The van der Waals surface area contributed by atoms with Gasteiger partial charge in [-0.3, -0.25) is 9.78 Å². The van der Waals surface area contributed by atoms with Crippen molar-refractivity contribution in [2.75, 3.05) is 7.11 Å². The number of esters is 1. The van der Waals surface area contributed by atoms with Gasteiger partial charge in [-0.15, -0.1) is 0 Å². The van der Waals surface area contributed by atoms with Crippen LogP contribution in [-0.4, -0.2) is 18.1 Å². The Morgan fingerprint density at radius 1 is 1.50 bits per heavy atom. The standard InChI is InChI=1S/C11H15NO2/c1-8(2)10-6-4-5-9(12-10)7-11(13)14-3/h4-6,8H,7H2,1-3H3. The second kappa shape index (κ2) is 4.74. The lowest BCUT2D eigenvalue weighted by Gasteiger charge is -2.05.